The molecule has 0 spiro atoms. The molecule has 1 aliphatic rings. The summed E-state index contributed by atoms with van der Waals surface area (Å²) in [6, 6.07) is 4.76. The fourth-order valence-corrected chi connectivity index (χ4v) is 2.92. The lowest BCUT2D eigenvalue weighted by molar-refractivity contribution is 0.400. The van der Waals surface area contributed by atoms with Gasteiger partial charge >= 0.3 is 0 Å². The van der Waals surface area contributed by atoms with Crippen molar-refractivity contribution in [2.45, 2.75) is 51.5 Å². The Labute approximate surface area is 105 Å². The first-order valence-corrected chi connectivity index (χ1v) is 6.87. The molecule has 1 fully saturated rings. The van der Waals surface area contributed by atoms with Crippen molar-refractivity contribution in [1.29, 1.82) is 0 Å². The van der Waals surface area contributed by atoms with E-state index < -0.39 is 0 Å². The molecule has 0 aliphatic heterocycles. The van der Waals surface area contributed by atoms with Gasteiger partial charge < -0.3 is 5.32 Å². The van der Waals surface area contributed by atoms with Crippen LogP contribution in [0.5, 0.6) is 0 Å². The zero-order valence-electron chi connectivity index (χ0n) is 11.1. The number of hydrogen-bond acceptors (Lipinski definition) is 2. The van der Waals surface area contributed by atoms with Gasteiger partial charge in [-0.15, -0.1) is 0 Å². The lowest BCUT2D eigenvalue weighted by Gasteiger charge is -2.20. The third-order valence-electron chi connectivity index (χ3n) is 4.06. The van der Waals surface area contributed by atoms with Gasteiger partial charge in [-0.1, -0.05) is 31.7 Å². The molecular formula is C15H24N2. The summed E-state index contributed by atoms with van der Waals surface area (Å²) in [6.45, 7) is 2.16. The van der Waals surface area contributed by atoms with Crippen molar-refractivity contribution >= 4 is 0 Å². The van der Waals surface area contributed by atoms with Gasteiger partial charge in [0.05, 0.1) is 0 Å². The van der Waals surface area contributed by atoms with Crippen molar-refractivity contribution < 1.29 is 0 Å². The van der Waals surface area contributed by atoms with E-state index >= 15 is 0 Å². The van der Waals surface area contributed by atoms with Crippen molar-refractivity contribution in [1.82, 2.24) is 10.3 Å². The number of nitrogens with one attached hydrogen (secondary N) is 1. The molecule has 0 bridgehead atoms. The highest BCUT2D eigenvalue weighted by molar-refractivity contribution is 5.18. The van der Waals surface area contributed by atoms with E-state index in [4.69, 9.17) is 0 Å². The molecule has 0 saturated heterocycles. The van der Waals surface area contributed by atoms with Crippen molar-refractivity contribution in [3.8, 4) is 0 Å². The second-order valence-corrected chi connectivity index (χ2v) is 5.34. The molecule has 1 aromatic rings. The summed E-state index contributed by atoms with van der Waals surface area (Å²) in [5, 5.41) is 3.46. The Kier molecular flexibility index (Phi) is 4.55. The highest BCUT2D eigenvalue weighted by atomic mass is 14.9. The maximum Gasteiger partial charge on any atom is 0.0448 e. The van der Waals surface area contributed by atoms with E-state index in [0.717, 1.165) is 12.3 Å². The van der Waals surface area contributed by atoms with Crippen molar-refractivity contribution in [2.24, 2.45) is 5.92 Å². The minimum atomic E-state index is 0.590. The molecule has 0 amide bonds. The second kappa shape index (κ2) is 6.15. The summed E-state index contributed by atoms with van der Waals surface area (Å²) in [6.07, 6.45) is 10.0. The molecule has 0 radical (unpaired) electrons. The summed E-state index contributed by atoms with van der Waals surface area (Å²) in [7, 11) is 2.08. The van der Waals surface area contributed by atoms with Crippen LogP contribution in [0.1, 0.15) is 43.4 Å². The molecule has 1 atom stereocenters. The number of nitrogens with zero attached hydrogens (tertiary/aromatic N) is 1. The number of hydrogen-bond donors (Lipinski definition) is 1. The minimum absolute atomic E-state index is 0.590. The Bertz CT molecular complexity index is 343. The molecule has 1 aliphatic carbocycles. The van der Waals surface area contributed by atoms with Crippen LogP contribution < -0.4 is 5.32 Å². The number of aryl methyl sites for hydroxylation is 1. The van der Waals surface area contributed by atoms with Gasteiger partial charge in [-0.05, 0) is 37.9 Å². The van der Waals surface area contributed by atoms with Crippen molar-refractivity contribution in [2.75, 3.05) is 7.05 Å². The van der Waals surface area contributed by atoms with Crippen LogP contribution in [0, 0.1) is 12.8 Å². The summed E-state index contributed by atoms with van der Waals surface area (Å²) in [5.41, 5.74) is 2.57. The van der Waals surface area contributed by atoms with Crippen molar-refractivity contribution in [3.05, 3.63) is 29.6 Å². The SMILES string of the molecule is CNC(Cc1ncccc1C)CC1CCCC1. The Morgan fingerprint density at radius 1 is 1.41 bits per heavy atom. The van der Waals surface area contributed by atoms with Gasteiger partial charge in [0, 0.05) is 24.4 Å². The first-order valence-electron chi connectivity index (χ1n) is 6.87. The van der Waals surface area contributed by atoms with Gasteiger partial charge in [0.2, 0.25) is 0 Å². The second-order valence-electron chi connectivity index (χ2n) is 5.34. The smallest absolute Gasteiger partial charge is 0.0448 e. The number of aromatic nitrogens is 1. The first kappa shape index (κ1) is 12.6. The third kappa shape index (κ3) is 3.53. The van der Waals surface area contributed by atoms with Crippen LogP contribution >= 0.6 is 0 Å². The molecule has 2 rings (SSSR count). The lowest BCUT2D eigenvalue weighted by atomic mass is 9.94. The number of rotatable bonds is 5. The van der Waals surface area contributed by atoms with Gasteiger partial charge in [-0.3, -0.25) is 4.98 Å². The van der Waals surface area contributed by atoms with Crippen LogP contribution in [0.25, 0.3) is 0 Å². The molecule has 1 heterocycles. The average Bonchev–Trinajstić information content (AvgIpc) is 2.84. The third-order valence-corrected chi connectivity index (χ3v) is 4.06. The largest absolute Gasteiger partial charge is 0.317 e. The Hall–Kier alpha value is -0.890. The molecule has 2 heteroatoms. The fourth-order valence-electron chi connectivity index (χ4n) is 2.92. The molecule has 17 heavy (non-hydrogen) atoms. The van der Waals surface area contributed by atoms with Crippen LogP contribution in [0.3, 0.4) is 0 Å². The molecule has 1 N–H and O–H groups in total. The van der Waals surface area contributed by atoms with Crippen LogP contribution in [-0.2, 0) is 6.42 Å². The van der Waals surface area contributed by atoms with E-state index in [0.29, 0.717) is 6.04 Å². The number of likely N-dealkylation sites (N-methyl/N-ethyl adjacent to an activating group) is 1. The van der Waals surface area contributed by atoms with E-state index in [2.05, 4.69) is 30.3 Å². The molecule has 1 unspecified atom stereocenters. The molecule has 0 aromatic carbocycles. The van der Waals surface area contributed by atoms with Crippen LogP contribution in [-0.4, -0.2) is 18.1 Å². The highest BCUT2D eigenvalue weighted by Gasteiger charge is 2.20. The summed E-state index contributed by atoms with van der Waals surface area (Å²) in [5.74, 6) is 0.941. The van der Waals surface area contributed by atoms with E-state index in [-0.39, 0.29) is 0 Å². The van der Waals surface area contributed by atoms with Crippen LogP contribution in [0.4, 0.5) is 0 Å². The Balaban J connectivity index is 1.92. The predicted octanol–water partition coefficient (Wildman–Crippen LogP) is 3.10. The van der Waals surface area contributed by atoms with Gasteiger partial charge in [0.1, 0.15) is 0 Å². The summed E-state index contributed by atoms with van der Waals surface area (Å²) in [4.78, 5) is 4.50. The maximum absolute atomic E-state index is 4.50. The normalized spacial score (nSPS) is 18.5. The molecule has 1 saturated carbocycles. The fraction of sp³-hybridized carbons (Fsp3) is 0.667. The standard InChI is InChI=1S/C15H24N2/c1-12-6-5-9-17-15(12)11-14(16-2)10-13-7-3-4-8-13/h5-6,9,13-14,16H,3-4,7-8,10-11H2,1-2H3. The van der Waals surface area contributed by atoms with Gasteiger partial charge in [0.15, 0.2) is 0 Å². The molecular weight excluding hydrogens is 208 g/mol. The minimum Gasteiger partial charge on any atom is -0.317 e. The summed E-state index contributed by atoms with van der Waals surface area (Å²) < 4.78 is 0. The highest BCUT2D eigenvalue weighted by Crippen LogP contribution is 2.29. The maximum atomic E-state index is 4.50. The van der Waals surface area contributed by atoms with Crippen molar-refractivity contribution in [3.63, 3.8) is 0 Å². The molecule has 1 aromatic heterocycles. The lowest BCUT2D eigenvalue weighted by Crippen LogP contribution is -2.30. The van der Waals surface area contributed by atoms with Gasteiger partial charge in [-0.2, -0.15) is 0 Å². The number of pyridine rings is 1. The topological polar surface area (TPSA) is 24.9 Å². The van der Waals surface area contributed by atoms with E-state index in [9.17, 15) is 0 Å². The van der Waals surface area contributed by atoms with E-state index in [1.165, 1.54) is 43.4 Å². The zero-order valence-corrected chi connectivity index (χ0v) is 11.1. The molecule has 2 nitrogen and oxygen atoms in total. The average molecular weight is 232 g/mol. The van der Waals surface area contributed by atoms with Gasteiger partial charge in [0.25, 0.3) is 0 Å². The zero-order chi connectivity index (χ0) is 12.1. The van der Waals surface area contributed by atoms with E-state index in [1.54, 1.807) is 0 Å². The van der Waals surface area contributed by atoms with Crippen LogP contribution in [0.2, 0.25) is 0 Å². The predicted molar refractivity (Wildman–Crippen MR) is 72.1 cm³/mol. The molecule has 94 valence electrons. The summed E-state index contributed by atoms with van der Waals surface area (Å²) >= 11 is 0. The first-order chi connectivity index (χ1) is 8.29. The monoisotopic (exact) mass is 232 g/mol. The Morgan fingerprint density at radius 2 is 2.18 bits per heavy atom. The van der Waals surface area contributed by atoms with Gasteiger partial charge in [-0.25, -0.2) is 0 Å². The van der Waals surface area contributed by atoms with Crippen LogP contribution in [0.15, 0.2) is 18.3 Å². The Morgan fingerprint density at radius 3 is 2.82 bits per heavy atom. The van der Waals surface area contributed by atoms with E-state index in [1.807, 2.05) is 12.3 Å². The quantitative estimate of drug-likeness (QED) is 0.844.